The Morgan fingerprint density at radius 3 is 2.53 bits per heavy atom. The standard InChI is InChI=1S/C24H26ClN3O4/c1-3-4-14-28(15-13-26)17(2)32-19-11-9-18(10-12-19)16-22(24(30)31)27-23(29)20-7-5-6-8-21(20)25/h5-12,22H,2-4,14-16H2,1H3,(H,27,29)(H,30,31)/t22-/m0/s1. The van der Waals surface area contributed by atoms with E-state index in [-0.39, 0.29) is 23.6 Å². The van der Waals surface area contributed by atoms with Crippen LogP contribution in [0, 0.1) is 11.3 Å². The fraction of sp³-hybridized carbons (Fsp3) is 0.292. The minimum atomic E-state index is -1.15. The van der Waals surface area contributed by atoms with Crippen LogP contribution in [0.1, 0.15) is 35.7 Å². The van der Waals surface area contributed by atoms with Crippen molar-refractivity contribution in [1.82, 2.24) is 10.2 Å². The quantitative estimate of drug-likeness (QED) is 0.366. The van der Waals surface area contributed by atoms with Crippen LogP contribution in [0.2, 0.25) is 5.02 Å². The molecular weight excluding hydrogens is 430 g/mol. The van der Waals surface area contributed by atoms with Crippen molar-refractivity contribution >= 4 is 23.5 Å². The first kappa shape index (κ1) is 24.8. The van der Waals surface area contributed by atoms with E-state index in [4.69, 9.17) is 21.6 Å². The number of aliphatic carboxylic acids is 1. The lowest BCUT2D eigenvalue weighted by molar-refractivity contribution is -0.139. The van der Waals surface area contributed by atoms with E-state index in [0.29, 0.717) is 23.7 Å². The zero-order valence-corrected chi connectivity index (χ0v) is 18.6. The number of nitrogens with one attached hydrogen (secondary N) is 1. The van der Waals surface area contributed by atoms with E-state index in [1.165, 1.54) is 6.07 Å². The van der Waals surface area contributed by atoms with Gasteiger partial charge in [0.25, 0.3) is 5.91 Å². The zero-order chi connectivity index (χ0) is 23.5. The number of amides is 1. The fourth-order valence-electron chi connectivity index (χ4n) is 2.94. The summed E-state index contributed by atoms with van der Waals surface area (Å²) in [6, 6.07) is 14.3. The largest absolute Gasteiger partial charge is 0.480 e. The van der Waals surface area contributed by atoms with Gasteiger partial charge in [0.2, 0.25) is 0 Å². The Labute approximate surface area is 192 Å². The van der Waals surface area contributed by atoms with Gasteiger partial charge in [-0.15, -0.1) is 0 Å². The Bertz CT molecular complexity index is 985. The summed E-state index contributed by atoms with van der Waals surface area (Å²) >= 11 is 6.02. The van der Waals surface area contributed by atoms with E-state index in [1.807, 2.05) is 0 Å². The predicted octanol–water partition coefficient (Wildman–Crippen LogP) is 4.24. The normalized spacial score (nSPS) is 11.2. The number of hydrogen-bond donors (Lipinski definition) is 2. The predicted molar refractivity (Wildman–Crippen MR) is 122 cm³/mol. The molecule has 32 heavy (non-hydrogen) atoms. The number of nitriles is 1. The molecule has 0 aromatic heterocycles. The first-order valence-electron chi connectivity index (χ1n) is 10.2. The van der Waals surface area contributed by atoms with Crippen molar-refractivity contribution in [3.8, 4) is 11.8 Å². The molecule has 0 aliphatic carbocycles. The molecule has 0 aliphatic rings. The molecule has 8 heteroatoms. The number of benzene rings is 2. The second-order valence-corrected chi connectivity index (χ2v) is 7.53. The van der Waals surface area contributed by atoms with Gasteiger partial charge in [0.15, 0.2) is 5.88 Å². The van der Waals surface area contributed by atoms with Gasteiger partial charge in [0, 0.05) is 13.0 Å². The van der Waals surface area contributed by atoms with Crippen LogP contribution in [0.4, 0.5) is 0 Å². The smallest absolute Gasteiger partial charge is 0.326 e. The summed E-state index contributed by atoms with van der Waals surface area (Å²) in [5.41, 5.74) is 0.919. The summed E-state index contributed by atoms with van der Waals surface area (Å²) < 4.78 is 5.75. The molecule has 7 nitrogen and oxygen atoms in total. The first-order valence-corrected chi connectivity index (χ1v) is 10.6. The Morgan fingerprint density at radius 2 is 1.94 bits per heavy atom. The molecule has 0 saturated carbocycles. The summed E-state index contributed by atoms with van der Waals surface area (Å²) in [5.74, 6) is -0.806. The van der Waals surface area contributed by atoms with Gasteiger partial charge < -0.3 is 20.1 Å². The topological polar surface area (TPSA) is 103 Å². The number of nitrogens with zero attached hydrogens (tertiary/aromatic N) is 2. The van der Waals surface area contributed by atoms with Gasteiger partial charge in [-0.3, -0.25) is 4.79 Å². The van der Waals surface area contributed by atoms with Gasteiger partial charge in [-0.25, -0.2) is 4.79 Å². The van der Waals surface area contributed by atoms with Gasteiger partial charge in [0.05, 0.1) is 16.7 Å². The second kappa shape index (κ2) is 12.4. The lowest BCUT2D eigenvalue weighted by atomic mass is 10.1. The Hall–Kier alpha value is -3.50. The van der Waals surface area contributed by atoms with Crippen molar-refractivity contribution in [2.75, 3.05) is 13.1 Å². The fourth-order valence-corrected chi connectivity index (χ4v) is 3.16. The number of rotatable bonds is 12. The minimum absolute atomic E-state index is 0.0871. The van der Waals surface area contributed by atoms with Crippen LogP contribution >= 0.6 is 11.6 Å². The van der Waals surface area contributed by atoms with Crippen LogP contribution < -0.4 is 10.1 Å². The van der Waals surface area contributed by atoms with Gasteiger partial charge in [-0.05, 0) is 42.8 Å². The molecule has 2 N–H and O–H groups in total. The van der Waals surface area contributed by atoms with Gasteiger partial charge >= 0.3 is 5.97 Å². The number of carboxylic acids is 1. The van der Waals surface area contributed by atoms with Crippen molar-refractivity contribution in [3.05, 3.63) is 77.1 Å². The third-order valence-electron chi connectivity index (χ3n) is 4.72. The summed E-state index contributed by atoms with van der Waals surface area (Å²) in [6.45, 7) is 6.82. The molecule has 0 spiro atoms. The van der Waals surface area contributed by atoms with Crippen LogP contribution in [-0.4, -0.2) is 41.0 Å². The maximum absolute atomic E-state index is 12.4. The number of unbranched alkanes of at least 4 members (excludes halogenated alkanes) is 1. The van der Waals surface area contributed by atoms with Crippen LogP contribution in [0.25, 0.3) is 0 Å². The van der Waals surface area contributed by atoms with E-state index >= 15 is 0 Å². The first-order chi connectivity index (χ1) is 15.3. The van der Waals surface area contributed by atoms with Crippen LogP contribution in [0.5, 0.6) is 5.75 Å². The highest BCUT2D eigenvalue weighted by Crippen LogP contribution is 2.19. The molecule has 2 aromatic carbocycles. The average molecular weight is 456 g/mol. The molecule has 0 bridgehead atoms. The lowest BCUT2D eigenvalue weighted by Gasteiger charge is -2.23. The average Bonchev–Trinajstić information content (AvgIpc) is 2.77. The number of carboxylic acid groups (broad SMARTS) is 1. The maximum Gasteiger partial charge on any atom is 0.326 e. The SMILES string of the molecule is C=C(Oc1ccc(C[C@H](NC(=O)c2ccccc2Cl)C(=O)O)cc1)N(CC#N)CCCC. The third-order valence-corrected chi connectivity index (χ3v) is 5.05. The molecule has 2 rings (SSSR count). The molecular formula is C24H26ClN3O4. The van der Waals surface area contributed by atoms with E-state index in [9.17, 15) is 14.7 Å². The Morgan fingerprint density at radius 1 is 1.25 bits per heavy atom. The number of carbonyl (C=O) groups excluding carboxylic acids is 1. The Kier molecular flexibility index (Phi) is 9.58. The number of halogens is 1. The second-order valence-electron chi connectivity index (χ2n) is 7.12. The summed E-state index contributed by atoms with van der Waals surface area (Å²) in [5, 5.41) is 21.3. The van der Waals surface area contributed by atoms with E-state index in [2.05, 4.69) is 24.9 Å². The summed E-state index contributed by atoms with van der Waals surface area (Å²) in [6.07, 6.45) is 1.99. The lowest BCUT2D eigenvalue weighted by Crippen LogP contribution is -2.42. The van der Waals surface area contributed by atoms with E-state index in [1.54, 1.807) is 47.4 Å². The highest BCUT2D eigenvalue weighted by molar-refractivity contribution is 6.33. The van der Waals surface area contributed by atoms with E-state index in [0.717, 1.165) is 12.8 Å². The molecule has 168 valence electrons. The van der Waals surface area contributed by atoms with Crippen molar-refractivity contribution in [2.45, 2.75) is 32.2 Å². The molecule has 0 unspecified atom stereocenters. The molecule has 0 saturated heterocycles. The third kappa shape index (κ3) is 7.33. The minimum Gasteiger partial charge on any atom is -0.480 e. The number of hydrogen-bond acceptors (Lipinski definition) is 5. The zero-order valence-electron chi connectivity index (χ0n) is 17.9. The molecule has 0 heterocycles. The van der Waals surface area contributed by atoms with Crippen LogP contribution in [-0.2, 0) is 11.2 Å². The van der Waals surface area contributed by atoms with Crippen LogP contribution in [0.3, 0.4) is 0 Å². The highest BCUT2D eigenvalue weighted by Gasteiger charge is 2.22. The number of ether oxygens (including phenoxy) is 1. The van der Waals surface area contributed by atoms with Crippen molar-refractivity contribution < 1.29 is 19.4 Å². The highest BCUT2D eigenvalue weighted by atomic mass is 35.5. The summed E-state index contributed by atoms with van der Waals surface area (Å²) in [4.78, 5) is 25.9. The Balaban J connectivity index is 2.02. The van der Waals surface area contributed by atoms with Crippen LogP contribution in [0.15, 0.2) is 61.0 Å². The molecule has 1 amide bonds. The number of carbonyl (C=O) groups is 2. The van der Waals surface area contributed by atoms with Crippen molar-refractivity contribution in [3.63, 3.8) is 0 Å². The summed E-state index contributed by atoms with van der Waals surface area (Å²) in [7, 11) is 0. The van der Waals surface area contributed by atoms with Gasteiger partial charge in [0.1, 0.15) is 18.3 Å². The van der Waals surface area contributed by atoms with Crippen molar-refractivity contribution in [1.29, 1.82) is 5.26 Å². The molecule has 0 fully saturated rings. The monoisotopic (exact) mass is 455 g/mol. The molecule has 2 aromatic rings. The van der Waals surface area contributed by atoms with Gasteiger partial charge in [-0.2, -0.15) is 5.26 Å². The van der Waals surface area contributed by atoms with E-state index < -0.39 is 17.9 Å². The molecule has 0 radical (unpaired) electrons. The maximum atomic E-state index is 12.4. The molecule has 0 aliphatic heterocycles. The van der Waals surface area contributed by atoms with Crippen molar-refractivity contribution in [2.24, 2.45) is 0 Å². The molecule has 1 atom stereocenters. The van der Waals surface area contributed by atoms with Gasteiger partial charge in [-0.1, -0.05) is 49.2 Å².